The van der Waals surface area contributed by atoms with Gasteiger partial charge in [-0.15, -0.1) is 0 Å². The number of carbonyl (C=O) groups is 1. The van der Waals surface area contributed by atoms with E-state index in [0.29, 0.717) is 24.9 Å². The summed E-state index contributed by atoms with van der Waals surface area (Å²) in [5.41, 5.74) is -0.670. The molecule has 1 heterocycles. The maximum Gasteiger partial charge on any atom is 0.220 e. The van der Waals surface area contributed by atoms with E-state index in [1.54, 1.807) is 0 Å². The Hall–Kier alpha value is -0.610. The Labute approximate surface area is 122 Å². The molecule has 2 fully saturated rings. The van der Waals surface area contributed by atoms with Crippen LogP contribution in [0.5, 0.6) is 0 Å². The van der Waals surface area contributed by atoms with Crippen molar-refractivity contribution in [3.8, 4) is 0 Å². The Bertz CT molecular complexity index is 316. The number of carbonyl (C=O) groups excluding carboxylic acids is 1. The highest BCUT2D eigenvalue weighted by atomic mass is 16.3. The number of piperidine rings is 1. The largest absolute Gasteiger partial charge is 0.388 e. The molecule has 2 aliphatic rings. The lowest BCUT2D eigenvalue weighted by Gasteiger charge is -2.35. The Morgan fingerprint density at radius 1 is 1.35 bits per heavy atom. The molecule has 0 aromatic carbocycles. The van der Waals surface area contributed by atoms with Gasteiger partial charge in [0.25, 0.3) is 0 Å². The Kier molecular flexibility index (Phi) is 5.85. The van der Waals surface area contributed by atoms with E-state index in [1.807, 2.05) is 0 Å². The third-order valence-corrected chi connectivity index (χ3v) is 4.81. The van der Waals surface area contributed by atoms with Crippen LogP contribution in [0.15, 0.2) is 0 Å². The van der Waals surface area contributed by atoms with Crippen LogP contribution >= 0.6 is 0 Å². The number of hydrogen-bond donors (Lipinski definition) is 3. The summed E-state index contributed by atoms with van der Waals surface area (Å²) < 4.78 is 0. The van der Waals surface area contributed by atoms with Gasteiger partial charge in [0.2, 0.25) is 5.91 Å². The Morgan fingerprint density at radius 3 is 2.90 bits per heavy atom. The number of aliphatic hydroxyl groups is 1. The molecule has 116 valence electrons. The van der Waals surface area contributed by atoms with E-state index < -0.39 is 5.60 Å². The van der Waals surface area contributed by atoms with E-state index in [-0.39, 0.29) is 5.91 Å². The summed E-state index contributed by atoms with van der Waals surface area (Å²) in [5.74, 6) is 0.654. The smallest absolute Gasteiger partial charge is 0.220 e. The molecule has 1 aliphatic carbocycles. The minimum absolute atomic E-state index is 0.0871. The number of nitrogens with one attached hydrogen (secondary N) is 2. The molecule has 0 spiro atoms. The first-order valence-corrected chi connectivity index (χ1v) is 8.30. The van der Waals surface area contributed by atoms with Crippen LogP contribution in [0.1, 0.15) is 64.7 Å². The SMILES string of the molecule is CC1CCCC(O)(CNC(=O)CCC2CCCCN2)C1. The quantitative estimate of drug-likeness (QED) is 0.722. The van der Waals surface area contributed by atoms with Gasteiger partial charge >= 0.3 is 0 Å². The van der Waals surface area contributed by atoms with Gasteiger partial charge in [-0.05, 0) is 44.6 Å². The van der Waals surface area contributed by atoms with E-state index in [2.05, 4.69) is 17.6 Å². The van der Waals surface area contributed by atoms with Gasteiger partial charge in [0, 0.05) is 19.0 Å². The highest BCUT2D eigenvalue weighted by molar-refractivity contribution is 5.75. The summed E-state index contributed by atoms with van der Waals surface area (Å²) in [4.78, 5) is 11.9. The summed E-state index contributed by atoms with van der Waals surface area (Å²) in [6, 6.07) is 0.507. The van der Waals surface area contributed by atoms with Gasteiger partial charge in [0.1, 0.15) is 0 Å². The molecule has 0 aromatic rings. The standard InChI is InChI=1S/C16H30N2O2/c1-13-5-4-9-16(20,11-13)12-18-15(19)8-7-14-6-2-3-10-17-14/h13-14,17,20H,2-12H2,1H3,(H,18,19). The average molecular weight is 282 g/mol. The van der Waals surface area contributed by atoms with Gasteiger partial charge in [0.15, 0.2) is 0 Å². The van der Waals surface area contributed by atoms with E-state index in [1.165, 1.54) is 25.7 Å². The molecule has 1 saturated carbocycles. The second-order valence-electron chi connectivity index (χ2n) is 6.89. The molecule has 20 heavy (non-hydrogen) atoms. The molecule has 0 aromatic heterocycles. The van der Waals surface area contributed by atoms with Crippen LogP contribution in [0.3, 0.4) is 0 Å². The van der Waals surface area contributed by atoms with Crippen LogP contribution in [0.25, 0.3) is 0 Å². The predicted molar refractivity (Wildman–Crippen MR) is 80.5 cm³/mol. The van der Waals surface area contributed by atoms with Crippen LogP contribution in [-0.2, 0) is 4.79 Å². The summed E-state index contributed by atoms with van der Waals surface area (Å²) in [6.45, 7) is 3.69. The highest BCUT2D eigenvalue weighted by Gasteiger charge is 2.32. The van der Waals surface area contributed by atoms with Crippen LogP contribution in [0, 0.1) is 5.92 Å². The minimum Gasteiger partial charge on any atom is -0.388 e. The second-order valence-corrected chi connectivity index (χ2v) is 6.89. The lowest BCUT2D eigenvalue weighted by atomic mass is 9.79. The van der Waals surface area contributed by atoms with Gasteiger partial charge in [-0.25, -0.2) is 0 Å². The van der Waals surface area contributed by atoms with Crippen molar-refractivity contribution in [1.82, 2.24) is 10.6 Å². The van der Waals surface area contributed by atoms with Crippen LogP contribution in [0.2, 0.25) is 0 Å². The molecular weight excluding hydrogens is 252 g/mol. The van der Waals surface area contributed by atoms with Crippen molar-refractivity contribution in [3.05, 3.63) is 0 Å². The van der Waals surface area contributed by atoms with Crippen molar-refractivity contribution in [1.29, 1.82) is 0 Å². The number of amides is 1. The number of rotatable bonds is 5. The lowest BCUT2D eigenvalue weighted by Crippen LogP contribution is -2.46. The van der Waals surface area contributed by atoms with E-state index >= 15 is 0 Å². The molecule has 4 heteroatoms. The van der Waals surface area contributed by atoms with Crippen molar-refractivity contribution in [2.24, 2.45) is 5.92 Å². The molecule has 0 radical (unpaired) electrons. The molecule has 1 amide bonds. The van der Waals surface area contributed by atoms with Crippen molar-refractivity contribution < 1.29 is 9.90 Å². The zero-order chi connectivity index (χ0) is 14.4. The zero-order valence-electron chi connectivity index (χ0n) is 12.8. The van der Waals surface area contributed by atoms with Crippen LogP contribution in [0.4, 0.5) is 0 Å². The van der Waals surface area contributed by atoms with Crippen LogP contribution < -0.4 is 10.6 Å². The van der Waals surface area contributed by atoms with Gasteiger partial charge in [-0.3, -0.25) is 4.79 Å². The first-order chi connectivity index (χ1) is 9.57. The van der Waals surface area contributed by atoms with Gasteiger partial charge in [-0.2, -0.15) is 0 Å². The fourth-order valence-electron chi connectivity index (χ4n) is 3.62. The normalized spacial score (nSPS) is 34.7. The van der Waals surface area contributed by atoms with Gasteiger partial charge in [-0.1, -0.05) is 26.2 Å². The van der Waals surface area contributed by atoms with E-state index in [0.717, 1.165) is 32.2 Å². The summed E-state index contributed by atoms with van der Waals surface area (Å²) in [7, 11) is 0. The highest BCUT2D eigenvalue weighted by Crippen LogP contribution is 2.31. The molecule has 3 N–H and O–H groups in total. The Morgan fingerprint density at radius 2 is 2.20 bits per heavy atom. The lowest BCUT2D eigenvalue weighted by molar-refractivity contribution is -0.123. The summed E-state index contributed by atoms with van der Waals surface area (Å²) >= 11 is 0. The van der Waals surface area contributed by atoms with E-state index in [9.17, 15) is 9.90 Å². The number of hydrogen-bond acceptors (Lipinski definition) is 3. The second kappa shape index (κ2) is 7.41. The maximum absolute atomic E-state index is 11.9. The molecular formula is C16H30N2O2. The topological polar surface area (TPSA) is 61.4 Å². The predicted octanol–water partition coefficient (Wildman–Crippen LogP) is 1.97. The molecule has 0 bridgehead atoms. The molecule has 1 aliphatic heterocycles. The molecule has 3 atom stereocenters. The fourth-order valence-corrected chi connectivity index (χ4v) is 3.62. The molecule has 3 unspecified atom stereocenters. The molecule has 1 saturated heterocycles. The van der Waals surface area contributed by atoms with E-state index in [4.69, 9.17) is 0 Å². The summed E-state index contributed by atoms with van der Waals surface area (Å²) in [6.07, 6.45) is 9.12. The first kappa shape index (κ1) is 15.8. The molecule has 2 rings (SSSR count). The van der Waals surface area contributed by atoms with Crippen molar-refractivity contribution in [2.75, 3.05) is 13.1 Å². The fraction of sp³-hybridized carbons (Fsp3) is 0.938. The maximum atomic E-state index is 11.9. The third-order valence-electron chi connectivity index (χ3n) is 4.81. The summed E-state index contributed by atoms with van der Waals surface area (Å²) in [5, 5.41) is 16.9. The monoisotopic (exact) mass is 282 g/mol. The third kappa shape index (κ3) is 5.06. The van der Waals surface area contributed by atoms with Crippen molar-refractivity contribution in [3.63, 3.8) is 0 Å². The van der Waals surface area contributed by atoms with Gasteiger partial charge in [0.05, 0.1) is 5.60 Å². The van der Waals surface area contributed by atoms with Crippen molar-refractivity contribution in [2.45, 2.75) is 76.4 Å². The van der Waals surface area contributed by atoms with Gasteiger partial charge < -0.3 is 15.7 Å². The Balaban J connectivity index is 1.64. The average Bonchev–Trinajstić information content (AvgIpc) is 2.44. The van der Waals surface area contributed by atoms with Crippen molar-refractivity contribution >= 4 is 5.91 Å². The minimum atomic E-state index is -0.670. The molecule has 4 nitrogen and oxygen atoms in total. The zero-order valence-corrected chi connectivity index (χ0v) is 12.8. The first-order valence-electron chi connectivity index (χ1n) is 8.30. The van der Waals surface area contributed by atoms with Crippen LogP contribution in [-0.4, -0.2) is 35.7 Å².